The van der Waals surface area contributed by atoms with Gasteiger partial charge in [-0.1, -0.05) is 6.07 Å². The van der Waals surface area contributed by atoms with Crippen LogP contribution >= 0.6 is 15.9 Å². The van der Waals surface area contributed by atoms with Crippen LogP contribution < -0.4 is 9.47 Å². The SMILES string of the molecule is COc1cc(OC)cc(-c2cccc(Br)n2)c1. The molecule has 2 rings (SSSR count). The first-order valence-corrected chi connectivity index (χ1v) is 5.88. The lowest BCUT2D eigenvalue weighted by Crippen LogP contribution is -1.90. The van der Waals surface area contributed by atoms with Crippen LogP contribution in [-0.4, -0.2) is 19.2 Å². The molecule has 3 nitrogen and oxygen atoms in total. The molecule has 0 saturated carbocycles. The third kappa shape index (κ3) is 2.77. The summed E-state index contributed by atoms with van der Waals surface area (Å²) in [6.07, 6.45) is 0. The summed E-state index contributed by atoms with van der Waals surface area (Å²) in [5.41, 5.74) is 1.83. The van der Waals surface area contributed by atoms with Crippen LogP contribution in [0.2, 0.25) is 0 Å². The number of halogens is 1. The van der Waals surface area contributed by atoms with E-state index < -0.39 is 0 Å². The van der Waals surface area contributed by atoms with Crippen LogP contribution in [-0.2, 0) is 0 Å². The van der Waals surface area contributed by atoms with E-state index in [1.807, 2.05) is 36.4 Å². The van der Waals surface area contributed by atoms with E-state index in [9.17, 15) is 0 Å². The highest BCUT2D eigenvalue weighted by Gasteiger charge is 2.05. The zero-order valence-corrected chi connectivity index (χ0v) is 11.2. The largest absolute Gasteiger partial charge is 0.497 e. The fourth-order valence-corrected chi connectivity index (χ4v) is 1.87. The number of aromatic nitrogens is 1. The molecule has 0 bridgehead atoms. The highest BCUT2D eigenvalue weighted by atomic mass is 79.9. The Labute approximate surface area is 109 Å². The molecule has 17 heavy (non-hydrogen) atoms. The molecule has 0 saturated heterocycles. The summed E-state index contributed by atoms with van der Waals surface area (Å²) in [5.74, 6) is 1.50. The Morgan fingerprint density at radius 1 is 1.00 bits per heavy atom. The van der Waals surface area contributed by atoms with Crippen molar-refractivity contribution in [3.63, 3.8) is 0 Å². The first-order chi connectivity index (χ1) is 8.22. The van der Waals surface area contributed by atoms with Crippen molar-refractivity contribution >= 4 is 15.9 Å². The van der Waals surface area contributed by atoms with Gasteiger partial charge in [0.2, 0.25) is 0 Å². The Morgan fingerprint density at radius 2 is 1.65 bits per heavy atom. The molecular formula is C13H12BrNO2. The van der Waals surface area contributed by atoms with E-state index >= 15 is 0 Å². The van der Waals surface area contributed by atoms with E-state index in [0.717, 1.165) is 27.4 Å². The summed E-state index contributed by atoms with van der Waals surface area (Å²) in [5, 5.41) is 0. The van der Waals surface area contributed by atoms with Crippen molar-refractivity contribution in [1.82, 2.24) is 4.98 Å². The van der Waals surface area contributed by atoms with Crippen molar-refractivity contribution in [2.75, 3.05) is 14.2 Å². The number of pyridine rings is 1. The van der Waals surface area contributed by atoms with Gasteiger partial charge in [-0.3, -0.25) is 0 Å². The number of methoxy groups -OCH3 is 2. The van der Waals surface area contributed by atoms with E-state index in [-0.39, 0.29) is 0 Å². The van der Waals surface area contributed by atoms with Crippen LogP contribution in [0.1, 0.15) is 0 Å². The fraction of sp³-hybridized carbons (Fsp3) is 0.154. The van der Waals surface area contributed by atoms with Crippen molar-refractivity contribution < 1.29 is 9.47 Å². The maximum atomic E-state index is 5.23. The molecular weight excluding hydrogens is 282 g/mol. The lowest BCUT2D eigenvalue weighted by molar-refractivity contribution is 0.394. The predicted octanol–water partition coefficient (Wildman–Crippen LogP) is 3.53. The average molecular weight is 294 g/mol. The maximum Gasteiger partial charge on any atom is 0.123 e. The highest BCUT2D eigenvalue weighted by Crippen LogP contribution is 2.29. The minimum atomic E-state index is 0.751. The lowest BCUT2D eigenvalue weighted by atomic mass is 10.1. The number of rotatable bonds is 3. The van der Waals surface area contributed by atoms with Gasteiger partial charge in [-0.25, -0.2) is 4.98 Å². The second kappa shape index (κ2) is 5.19. The Kier molecular flexibility index (Phi) is 3.64. The molecule has 0 atom stereocenters. The van der Waals surface area contributed by atoms with Gasteiger partial charge in [-0.15, -0.1) is 0 Å². The third-order valence-electron chi connectivity index (χ3n) is 2.36. The zero-order chi connectivity index (χ0) is 12.3. The van der Waals surface area contributed by atoms with Gasteiger partial charge in [0.15, 0.2) is 0 Å². The van der Waals surface area contributed by atoms with Crippen LogP contribution in [0.5, 0.6) is 11.5 Å². The first kappa shape index (κ1) is 11.9. The molecule has 1 aromatic heterocycles. The Bertz CT molecular complexity index is 506. The van der Waals surface area contributed by atoms with Crippen molar-refractivity contribution in [3.05, 3.63) is 41.0 Å². The van der Waals surface area contributed by atoms with Gasteiger partial charge in [-0.2, -0.15) is 0 Å². The summed E-state index contributed by atoms with van der Waals surface area (Å²) >= 11 is 3.36. The van der Waals surface area contributed by atoms with Gasteiger partial charge in [0.25, 0.3) is 0 Å². The van der Waals surface area contributed by atoms with Gasteiger partial charge in [0.1, 0.15) is 16.1 Å². The van der Waals surface area contributed by atoms with Crippen LogP contribution in [0.15, 0.2) is 41.0 Å². The number of ether oxygens (including phenoxy) is 2. The minimum Gasteiger partial charge on any atom is -0.497 e. The fourth-order valence-electron chi connectivity index (χ4n) is 1.52. The molecule has 0 unspecified atom stereocenters. The molecule has 0 spiro atoms. The summed E-state index contributed by atoms with van der Waals surface area (Å²) < 4.78 is 11.3. The molecule has 0 aliphatic heterocycles. The summed E-state index contributed by atoms with van der Waals surface area (Å²) in [6, 6.07) is 11.5. The maximum absolute atomic E-state index is 5.23. The van der Waals surface area contributed by atoms with Crippen LogP contribution in [0.25, 0.3) is 11.3 Å². The molecule has 1 aromatic carbocycles. The molecule has 0 fully saturated rings. The Morgan fingerprint density at radius 3 is 2.18 bits per heavy atom. The predicted molar refractivity (Wildman–Crippen MR) is 70.5 cm³/mol. The minimum absolute atomic E-state index is 0.751. The van der Waals surface area contributed by atoms with Gasteiger partial charge in [-0.05, 0) is 40.2 Å². The number of nitrogens with zero attached hydrogens (tertiary/aromatic N) is 1. The normalized spacial score (nSPS) is 10.1. The molecule has 2 aromatic rings. The second-order valence-corrected chi connectivity index (χ2v) is 4.26. The zero-order valence-electron chi connectivity index (χ0n) is 9.61. The van der Waals surface area contributed by atoms with E-state index in [1.54, 1.807) is 14.2 Å². The Hall–Kier alpha value is -1.55. The average Bonchev–Trinajstić information content (AvgIpc) is 2.38. The Balaban J connectivity index is 2.50. The van der Waals surface area contributed by atoms with Crippen molar-refractivity contribution in [1.29, 1.82) is 0 Å². The highest BCUT2D eigenvalue weighted by molar-refractivity contribution is 9.10. The lowest BCUT2D eigenvalue weighted by Gasteiger charge is -2.08. The van der Waals surface area contributed by atoms with Crippen LogP contribution in [0, 0.1) is 0 Å². The quantitative estimate of drug-likeness (QED) is 0.812. The molecule has 0 radical (unpaired) electrons. The van der Waals surface area contributed by atoms with Gasteiger partial charge >= 0.3 is 0 Å². The monoisotopic (exact) mass is 293 g/mol. The van der Waals surface area contributed by atoms with Crippen LogP contribution in [0.4, 0.5) is 0 Å². The standard InChI is InChI=1S/C13H12BrNO2/c1-16-10-6-9(7-11(8-10)17-2)12-4-3-5-13(14)15-12/h3-8H,1-2H3. The molecule has 0 aliphatic carbocycles. The third-order valence-corrected chi connectivity index (χ3v) is 2.80. The van der Waals surface area contributed by atoms with Gasteiger partial charge in [0.05, 0.1) is 19.9 Å². The smallest absolute Gasteiger partial charge is 0.123 e. The van der Waals surface area contributed by atoms with Crippen molar-refractivity contribution in [2.45, 2.75) is 0 Å². The molecule has 0 N–H and O–H groups in total. The molecule has 0 amide bonds. The van der Waals surface area contributed by atoms with Gasteiger partial charge in [0, 0.05) is 11.6 Å². The molecule has 4 heteroatoms. The number of benzene rings is 1. The number of hydrogen-bond acceptors (Lipinski definition) is 3. The molecule has 0 aliphatic rings. The van der Waals surface area contributed by atoms with E-state index in [0.29, 0.717) is 0 Å². The summed E-state index contributed by atoms with van der Waals surface area (Å²) in [7, 11) is 3.26. The van der Waals surface area contributed by atoms with E-state index in [4.69, 9.17) is 9.47 Å². The van der Waals surface area contributed by atoms with Gasteiger partial charge < -0.3 is 9.47 Å². The van der Waals surface area contributed by atoms with Crippen LogP contribution in [0.3, 0.4) is 0 Å². The summed E-state index contributed by atoms with van der Waals surface area (Å²) in [4.78, 5) is 4.40. The first-order valence-electron chi connectivity index (χ1n) is 5.09. The van der Waals surface area contributed by atoms with Crippen molar-refractivity contribution in [2.24, 2.45) is 0 Å². The van der Waals surface area contributed by atoms with E-state index in [2.05, 4.69) is 20.9 Å². The summed E-state index contributed by atoms with van der Waals surface area (Å²) in [6.45, 7) is 0. The topological polar surface area (TPSA) is 31.4 Å². The number of hydrogen-bond donors (Lipinski definition) is 0. The molecule has 88 valence electrons. The van der Waals surface area contributed by atoms with E-state index in [1.165, 1.54) is 0 Å². The second-order valence-electron chi connectivity index (χ2n) is 3.45. The van der Waals surface area contributed by atoms with Crippen molar-refractivity contribution in [3.8, 4) is 22.8 Å². The molecule has 1 heterocycles.